The second-order valence-electron chi connectivity index (χ2n) is 12.8. The first-order valence-corrected chi connectivity index (χ1v) is 15.6. The molecule has 2 N–H and O–H groups in total. The van der Waals surface area contributed by atoms with Gasteiger partial charge in [0.2, 0.25) is 0 Å². The summed E-state index contributed by atoms with van der Waals surface area (Å²) in [6.45, 7) is 14.6. The Labute approximate surface area is 262 Å². The molecule has 3 aromatic carbocycles. The molecule has 0 unspecified atom stereocenters. The fraction of sp³-hybridized carbons (Fsp3) is 0.405. The Hall–Kier alpha value is -4.26. The summed E-state index contributed by atoms with van der Waals surface area (Å²) in [5.41, 5.74) is 4.07. The number of ether oxygens (including phenoxy) is 1. The fourth-order valence-electron chi connectivity index (χ4n) is 5.05. The first kappa shape index (κ1) is 32.6. The van der Waals surface area contributed by atoms with Gasteiger partial charge in [-0.3, -0.25) is 4.79 Å². The average Bonchev–Trinajstić information content (AvgIpc) is 3.02. The highest BCUT2D eigenvalue weighted by atomic mass is 16.5. The van der Waals surface area contributed by atoms with Crippen LogP contribution in [-0.2, 0) is 17.9 Å². The van der Waals surface area contributed by atoms with Crippen LogP contribution >= 0.6 is 0 Å². The van der Waals surface area contributed by atoms with Crippen molar-refractivity contribution in [2.45, 2.75) is 78.1 Å². The number of azo groups is 1. The second-order valence-corrected chi connectivity index (χ2v) is 12.8. The van der Waals surface area contributed by atoms with Gasteiger partial charge in [-0.2, -0.15) is 0 Å². The molecule has 0 bridgehead atoms. The first-order valence-electron chi connectivity index (χ1n) is 15.6. The summed E-state index contributed by atoms with van der Waals surface area (Å²) in [6.07, 6.45) is 7.38. The van der Waals surface area contributed by atoms with Gasteiger partial charge < -0.3 is 15.2 Å². The normalized spacial score (nSPS) is 12.2. The minimum absolute atomic E-state index is 0.00240. The predicted octanol–water partition coefficient (Wildman–Crippen LogP) is 8.75. The highest BCUT2D eigenvalue weighted by Crippen LogP contribution is 2.39. The van der Waals surface area contributed by atoms with Gasteiger partial charge in [0.15, 0.2) is 12.4 Å². The van der Waals surface area contributed by atoms with E-state index in [0.717, 1.165) is 36.8 Å². The average molecular weight is 596 g/mol. The number of carbonyl (C=O) groups is 1. The van der Waals surface area contributed by atoms with E-state index >= 15 is 0 Å². The molecule has 0 aliphatic carbocycles. The molecule has 7 nitrogen and oxygen atoms in total. The van der Waals surface area contributed by atoms with Gasteiger partial charge >= 0.3 is 0 Å². The summed E-state index contributed by atoms with van der Waals surface area (Å²) < 4.78 is 8.19. The van der Waals surface area contributed by atoms with Crippen LogP contribution in [0.25, 0.3) is 10.8 Å². The van der Waals surface area contributed by atoms with Crippen molar-refractivity contribution in [3.8, 4) is 11.5 Å². The topological polar surface area (TPSA) is 87.2 Å². The van der Waals surface area contributed by atoms with E-state index in [1.807, 2.05) is 54.3 Å². The standard InChI is InChI=1S/C37H46N4O3/c1-8-36(3,4)26-18-19-33(31(23-26)37(5,6)9-2)44-22-13-12-20-38-35(43)30-24-32(28-16-10-11-17-29(28)34(30)42)40-39-27-15-14-21-41(7)25-27/h10-11,14-19,21,23-25H,8-9,12-13,20,22H2,1-7H3,(H-,38,39,42,43)/p+1. The quantitative estimate of drug-likeness (QED) is 0.0920. The maximum Gasteiger partial charge on any atom is 0.255 e. The van der Waals surface area contributed by atoms with E-state index in [0.29, 0.717) is 29.9 Å². The van der Waals surface area contributed by atoms with E-state index in [1.54, 1.807) is 12.1 Å². The molecule has 7 heteroatoms. The van der Waals surface area contributed by atoms with Gasteiger partial charge in [-0.15, -0.1) is 10.2 Å². The number of carbonyl (C=O) groups excluding carboxylic acids is 1. The van der Waals surface area contributed by atoms with Crippen molar-refractivity contribution in [2.75, 3.05) is 13.2 Å². The smallest absolute Gasteiger partial charge is 0.255 e. The zero-order valence-electron chi connectivity index (χ0n) is 27.3. The molecule has 0 spiro atoms. The SMILES string of the molecule is CCC(C)(C)c1ccc(OCCCCNC(=O)c2cc(N=Nc3ccc[n+](C)c3)c3ccccc3c2O)c(C(C)(C)CC)c1. The first-order chi connectivity index (χ1) is 21.0. The number of nitrogens with zero attached hydrogens (tertiary/aromatic N) is 3. The molecule has 1 amide bonds. The molecule has 0 radical (unpaired) electrons. The maximum absolute atomic E-state index is 13.2. The molecule has 0 fully saturated rings. The summed E-state index contributed by atoms with van der Waals surface area (Å²) in [5.74, 6) is 0.522. The summed E-state index contributed by atoms with van der Waals surface area (Å²) >= 11 is 0. The fourth-order valence-corrected chi connectivity index (χ4v) is 5.05. The number of benzene rings is 3. The molecule has 4 aromatic rings. The monoisotopic (exact) mass is 595 g/mol. The van der Waals surface area contributed by atoms with Gasteiger partial charge in [0.25, 0.3) is 5.91 Å². The van der Waals surface area contributed by atoms with Crippen LogP contribution in [-0.4, -0.2) is 24.2 Å². The molecule has 0 saturated heterocycles. The number of aromatic hydroxyl groups is 1. The third-order valence-electron chi connectivity index (χ3n) is 8.81. The van der Waals surface area contributed by atoms with Gasteiger partial charge in [0.1, 0.15) is 24.2 Å². The number of hydrogen-bond acceptors (Lipinski definition) is 5. The lowest BCUT2D eigenvalue weighted by atomic mass is 9.76. The number of amides is 1. The number of hydrogen-bond donors (Lipinski definition) is 2. The number of nitrogens with one attached hydrogen (secondary N) is 1. The molecule has 1 heterocycles. The van der Waals surface area contributed by atoms with Crippen molar-refractivity contribution in [3.05, 3.63) is 89.7 Å². The molecule has 0 aliphatic heterocycles. The van der Waals surface area contributed by atoms with E-state index in [1.165, 1.54) is 11.1 Å². The molecule has 1 aromatic heterocycles. The van der Waals surface area contributed by atoms with Gasteiger partial charge in [0, 0.05) is 28.9 Å². The Morgan fingerprint density at radius 1 is 0.909 bits per heavy atom. The number of unbranched alkanes of at least 4 members (excludes halogenated alkanes) is 1. The number of aryl methyl sites for hydroxylation is 1. The van der Waals surface area contributed by atoms with Crippen LogP contribution in [0.3, 0.4) is 0 Å². The number of rotatable bonds is 13. The number of phenols is 1. The van der Waals surface area contributed by atoms with Crippen molar-refractivity contribution in [1.29, 1.82) is 0 Å². The van der Waals surface area contributed by atoms with Crippen molar-refractivity contribution in [2.24, 2.45) is 17.3 Å². The Bertz CT molecular complexity index is 1640. The summed E-state index contributed by atoms with van der Waals surface area (Å²) in [5, 5.41) is 24.0. The maximum atomic E-state index is 13.2. The molecular formula is C37H47N4O3+. The number of aromatic nitrogens is 1. The van der Waals surface area contributed by atoms with Crippen LogP contribution in [0.5, 0.6) is 11.5 Å². The Morgan fingerprint density at radius 3 is 2.34 bits per heavy atom. The molecule has 4 rings (SSSR count). The third kappa shape index (κ3) is 7.62. The minimum atomic E-state index is -0.349. The van der Waals surface area contributed by atoms with Crippen molar-refractivity contribution >= 4 is 28.1 Å². The second kappa shape index (κ2) is 14.0. The van der Waals surface area contributed by atoms with E-state index in [9.17, 15) is 9.90 Å². The molecule has 44 heavy (non-hydrogen) atoms. The van der Waals surface area contributed by atoms with Crippen LogP contribution in [0, 0.1) is 0 Å². The van der Waals surface area contributed by atoms with Crippen LogP contribution in [0.15, 0.2) is 83.3 Å². The van der Waals surface area contributed by atoms with Crippen molar-refractivity contribution in [3.63, 3.8) is 0 Å². The van der Waals surface area contributed by atoms with E-state index in [2.05, 4.69) is 75.3 Å². The minimum Gasteiger partial charge on any atom is -0.506 e. The molecule has 0 aliphatic rings. The largest absolute Gasteiger partial charge is 0.506 e. The molecular weight excluding hydrogens is 548 g/mol. The van der Waals surface area contributed by atoms with Crippen molar-refractivity contribution in [1.82, 2.24) is 5.32 Å². The zero-order chi connectivity index (χ0) is 31.9. The van der Waals surface area contributed by atoms with E-state index in [4.69, 9.17) is 4.74 Å². The Kier molecular flexibility index (Phi) is 10.4. The molecule has 232 valence electrons. The van der Waals surface area contributed by atoms with Crippen LogP contribution in [0.1, 0.15) is 88.7 Å². The van der Waals surface area contributed by atoms with Gasteiger partial charge in [0.05, 0.1) is 17.9 Å². The highest BCUT2D eigenvalue weighted by molar-refractivity contribution is 6.07. The summed E-state index contributed by atoms with van der Waals surface area (Å²) in [6, 6.07) is 19.3. The summed E-state index contributed by atoms with van der Waals surface area (Å²) in [4.78, 5) is 13.2. The van der Waals surface area contributed by atoms with E-state index < -0.39 is 0 Å². The summed E-state index contributed by atoms with van der Waals surface area (Å²) in [7, 11) is 1.92. The van der Waals surface area contributed by atoms with Crippen LogP contribution in [0.4, 0.5) is 11.4 Å². The molecule has 0 saturated carbocycles. The Balaban J connectivity index is 1.40. The van der Waals surface area contributed by atoms with Gasteiger partial charge in [-0.25, -0.2) is 4.57 Å². The van der Waals surface area contributed by atoms with Gasteiger partial charge in [-0.05, 0) is 60.3 Å². The molecule has 0 atom stereocenters. The third-order valence-corrected chi connectivity index (χ3v) is 8.81. The van der Waals surface area contributed by atoms with Gasteiger partial charge in [-0.1, -0.05) is 77.9 Å². The van der Waals surface area contributed by atoms with E-state index in [-0.39, 0.29) is 28.1 Å². The van der Waals surface area contributed by atoms with Crippen molar-refractivity contribution < 1.29 is 19.2 Å². The predicted molar refractivity (Wildman–Crippen MR) is 178 cm³/mol. The highest BCUT2D eigenvalue weighted by Gasteiger charge is 2.26. The number of fused-ring (bicyclic) bond motifs is 1. The van der Waals surface area contributed by atoms with Crippen LogP contribution < -0.4 is 14.6 Å². The lowest BCUT2D eigenvalue weighted by molar-refractivity contribution is -0.670. The zero-order valence-corrected chi connectivity index (χ0v) is 27.3. The lowest BCUT2D eigenvalue weighted by Gasteiger charge is -2.30. The Morgan fingerprint density at radius 2 is 1.64 bits per heavy atom. The number of phenolic OH excluding ortho intramolecular Hbond substituents is 1. The van der Waals surface area contributed by atoms with Crippen LogP contribution in [0.2, 0.25) is 0 Å². The lowest BCUT2D eigenvalue weighted by Crippen LogP contribution is -2.25. The number of pyridine rings is 1.